The van der Waals surface area contributed by atoms with Crippen LogP contribution in [-0.2, 0) is 4.79 Å². The number of carbonyl (C=O) groups excluding carboxylic acids is 1. The summed E-state index contributed by atoms with van der Waals surface area (Å²) >= 11 is 0. The van der Waals surface area contributed by atoms with Crippen molar-refractivity contribution >= 4 is 17.3 Å². The summed E-state index contributed by atoms with van der Waals surface area (Å²) in [5.41, 5.74) is 1.54. The lowest BCUT2D eigenvalue weighted by Crippen LogP contribution is -2.58. The van der Waals surface area contributed by atoms with Crippen molar-refractivity contribution in [2.45, 2.75) is 31.7 Å². The second-order valence-corrected chi connectivity index (χ2v) is 5.55. The molecule has 0 aromatic heterocycles. The summed E-state index contributed by atoms with van der Waals surface area (Å²) in [5.74, 6) is 0.127. The highest BCUT2D eigenvalue weighted by molar-refractivity contribution is 6.06. The first-order valence-electron chi connectivity index (χ1n) is 7.14. The number of piperidine rings is 1. The Labute approximate surface area is 114 Å². The molecule has 1 fully saturated rings. The fraction of sp³-hybridized carbons (Fsp3) is 0.533. The summed E-state index contributed by atoms with van der Waals surface area (Å²) in [7, 11) is 0. The fourth-order valence-electron chi connectivity index (χ4n) is 3.08. The van der Waals surface area contributed by atoms with E-state index in [9.17, 15) is 4.79 Å². The molecule has 3 rings (SSSR count). The van der Waals surface area contributed by atoms with Crippen molar-refractivity contribution in [1.29, 1.82) is 0 Å². The lowest BCUT2D eigenvalue weighted by atomic mass is 9.84. The van der Waals surface area contributed by atoms with Gasteiger partial charge in [0, 0.05) is 13.1 Å². The number of nitrogens with one attached hydrogen (secondary N) is 2. The van der Waals surface area contributed by atoms with Crippen LogP contribution < -0.4 is 10.6 Å². The number of para-hydroxylation sites is 2. The van der Waals surface area contributed by atoms with Crippen molar-refractivity contribution in [1.82, 2.24) is 4.90 Å². The maximum absolute atomic E-state index is 12.4. The Bertz CT molecular complexity index is 478. The number of rotatable bonds is 2. The van der Waals surface area contributed by atoms with Crippen LogP contribution in [-0.4, -0.2) is 36.0 Å². The van der Waals surface area contributed by atoms with E-state index in [4.69, 9.17) is 0 Å². The van der Waals surface area contributed by atoms with Crippen molar-refractivity contribution in [3.8, 4) is 0 Å². The molecule has 19 heavy (non-hydrogen) atoms. The van der Waals surface area contributed by atoms with Crippen LogP contribution >= 0.6 is 0 Å². The Balaban J connectivity index is 1.78. The van der Waals surface area contributed by atoms with Gasteiger partial charge in [-0.25, -0.2) is 0 Å². The Morgan fingerprint density at radius 2 is 1.89 bits per heavy atom. The van der Waals surface area contributed by atoms with Crippen molar-refractivity contribution in [3.05, 3.63) is 24.3 Å². The van der Waals surface area contributed by atoms with E-state index in [1.165, 1.54) is 6.42 Å². The van der Waals surface area contributed by atoms with Crippen LogP contribution in [0.4, 0.5) is 11.4 Å². The predicted molar refractivity (Wildman–Crippen MR) is 77.4 cm³/mol. The lowest BCUT2D eigenvalue weighted by Gasteiger charge is -2.44. The number of hydrogen-bond donors (Lipinski definition) is 2. The van der Waals surface area contributed by atoms with Gasteiger partial charge >= 0.3 is 0 Å². The molecular weight excluding hydrogens is 238 g/mol. The maximum Gasteiger partial charge on any atom is 0.250 e. The highest BCUT2D eigenvalue weighted by Gasteiger charge is 2.43. The second-order valence-electron chi connectivity index (χ2n) is 5.55. The van der Waals surface area contributed by atoms with Gasteiger partial charge in [-0.1, -0.05) is 19.1 Å². The number of anilines is 2. The zero-order valence-corrected chi connectivity index (χ0v) is 11.4. The monoisotopic (exact) mass is 259 g/mol. The minimum Gasteiger partial charge on any atom is -0.369 e. The van der Waals surface area contributed by atoms with Gasteiger partial charge in [0.2, 0.25) is 5.91 Å². The molecule has 2 aliphatic heterocycles. The Hall–Kier alpha value is -1.55. The van der Waals surface area contributed by atoms with Crippen molar-refractivity contribution in [2.75, 3.05) is 30.3 Å². The van der Waals surface area contributed by atoms with E-state index in [0.717, 1.165) is 43.9 Å². The summed E-state index contributed by atoms with van der Waals surface area (Å²) in [6.45, 7) is 5.33. The fourth-order valence-corrected chi connectivity index (χ4v) is 3.08. The SMILES string of the molecule is CCCN1CCC2(CC1)Nc1ccccc1NC2=O. The standard InChI is InChI=1S/C15H21N3O/c1-2-9-18-10-7-15(8-11-18)14(19)16-12-5-3-4-6-13(12)17-15/h3-6,17H,2,7-11H2,1H3,(H,16,19). The quantitative estimate of drug-likeness (QED) is 0.856. The van der Waals surface area contributed by atoms with Crippen LogP contribution in [0.1, 0.15) is 26.2 Å². The van der Waals surface area contributed by atoms with Gasteiger partial charge in [0.05, 0.1) is 11.4 Å². The summed E-state index contributed by atoms with van der Waals surface area (Å²) in [6.07, 6.45) is 2.94. The zero-order chi connectivity index (χ0) is 13.3. The predicted octanol–water partition coefficient (Wildman–Crippen LogP) is 2.30. The molecule has 0 saturated carbocycles. The molecule has 0 atom stereocenters. The van der Waals surface area contributed by atoms with Crippen LogP contribution in [0, 0.1) is 0 Å². The molecule has 1 spiro atoms. The average molecular weight is 259 g/mol. The Morgan fingerprint density at radius 1 is 1.21 bits per heavy atom. The van der Waals surface area contributed by atoms with Gasteiger partial charge in [0.25, 0.3) is 0 Å². The Morgan fingerprint density at radius 3 is 2.58 bits per heavy atom. The van der Waals surface area contributed by atoms with Crippen LogP contribution in [0.25, 0.3) is 0 Å². The van der Waals surface area contributed by atoms with Gasteiger partial charge in [0.15, 0.2) is 0 Å². The first-order chi connectivity index (χ1) is 9.23. The highest BCUT2D eigenvalue weighted by Crippen LogP contribution is 2.36. The number of amides is 1. The molecule has 1 aromatic carbocycles. The van der Waals surface area contributed by atoms with E-state index in [-0.39, 0.29) is 5.91 Å². The summed E-state index contributed by atoms with van der Waals surface area (Å²) in [6, 6.07) is 7.93. The number of likely N-dealkylation sites (tertiary alicyclic amines) is 1. The van der Waals surface area contributed by atoms with Crippen LogP contribution in [0.2, 0.25) is 0 Å². The number of carbonyl (C=O) groups is 1. The molecule has 0 unspecified atom stereocenters. The van der Waals surface area contributed by atoms with E-state index in [2.05, 4.69) is 22.5 Å². The lowest BCUT2D eigenvalue weighted by molar-refractivity contribution is -0.122. The topological polar surface area (TPSA) is 44.4 Å². The van der Waals surface area contributed by atoms with Crippen LogP contribution in [0.3, 0.4) is 0 Å². The summed E-state index contributed by atoms with van der Waals surface area (Å²) < 4.78 is 0. The molecule has 0 radical (unpaired) electrons. The molecular formula is C15H21N3O. The zero-order valence-electron chi connectivity index (χ0n) is 11.4. The van der Waals surface area contributed by atoms with Crippen LogP contribution in [0.5, 0.6) is 0 Å². The molecule has 0 bridgehead atoms. The number of benzene rings is 1. The molecule has 4 nitrogen and oxygen atoms in total. The molecule has 0 aliphatic carbocycles. The molecule has 1 aromatic rings. The molecule has 1 saturated heterocycles. The van der Waals surface area contributed by atoms with Gasteiger partial charge in [-0.3, -0.25) is 4.79 Å². The van der Waals surface area contributed by atoms with E-state index in [0.29, 0.717) is 0 Å². The van der Waals surface area contributed by atoms with E-state index < -0.39 is 5.54 Å². The summed E-state index contributed by atoms with van der Waals surface area (Å²) in [4.78, 5) is 14.9. The van der Waals surface area contributed by atoms with Crippen molar-refractivity contribution < 1.29 is 4.79 Å². The largest absolute Gasteiger partial charge is 0.369 e. The van der Waals surface area contributed by atoms with E-state index >= 15 is 0 Å². The minimum absolute atomic E-state index is 0.127. The minimum atomic E-state index is -0.404. The van der Waals surface area contributed by atoms with Gasteiger partial charge < -0.3 is 15.5 Å². The number of hydrogen-bond acceptors (Lipinski definition) is 3. The third kappa shape index (κ3) is 2.21. The van der Waals surface area contributed by atoms with Crippen molar-refractivity contribution in [2.24, 2.45) is 0 Å². The van der Waals surface area contributed by atoms with Gasteiger partial charge in [0.1, 0.15) is 5.54 Å². The normalized spacial score (nSPS) is 21.6. The smallest absolute Gasteiger partial charge is 0.250 e. The van der Waals surface area contributed by atoms with Gasteiger partial charge in [-0.05, 0) is 37.9 Å². The highest BCUT2D eigenvalue weighted by atomic mass is 16.2. The van der Waals surface area contributed by atoms with Crippen molar-refractivity contribution in [3.63, 3.8) is 0 Å². The first-order valence-corrected chi connectivity index (χ1v) is 7.14. The second kappa shape index (κ2) is 4.85. The van der Waals surface area contributed by atoms with Crippen LogP contribution in [0.15, 0.2) is 24.3 Å². The molecule has 2 N–H and O–H groups in total. The maximum atomic E-state index is 12.4. The summed E-state index contributed by atoms with van der Waals surface area (Å²) in [5, 5.41) is 6.53. The third-order valence-corrected chi connectivity index (χ3v) is 4.23. The number of fused-ring (bicyclic) bond motifs is 1. The van der Waals surface area contributed by atoms with E-state index in [1.807, 2.05) is 24.3 Å². The van der Waals surface area contributed by atoms with Gasteiger partial charge in [-0.2, -0.15) is 0 Å². The molecule has 102 valence electrons. The van der Waals surface area contributed by atoms with E-state index in [1.54, 1.807) is 0 Å². The molecule has 4 heteroatoms. The van der Waals surface area contributed by atoms with Gasteiger partial charge in [-0.15, -0.1) is 0 Å². The first kappa shape index (κ1) is 12.5. The molecule has 1 amide bonds. The third-order valence-electron chi connectivity index (χ3n) is 4.23. The average Bonchev–Trinajstić information content (AvgIpc) is 2.43. The molecule has 2 aliphatic rings. The number of nitrogens with zero attached hydrogens (tertiary/aromatic N) is 1. The molecule has 2 heterocycles. The Kier molecular flexibility index (Phi) is 3.19.